The molecule has 4 heteroatoms. The summed E-state index contributed by atoms with van der Waals surface area (Å²) in [5.74, 6) is 1.49. The summed E-state index contributed by atoms with van der Waals surface area (Å²) in [5.41, 5.74) is 3.08. The van der Waals surface area contributed by atoms with Crippen molar-refractivity contribution in [3.63, 3.8) is 0 Å². The Hall–Kier alpha value is -1.91. The summed E-state index contributed by atoms with van der Waals surface area (Å²) in [6.07, 6.45) is 6.56. The Morgan fingerprint density at radius 3 is 2.80 bits per heavy atom. The van der Waals surface area contributed by atoms with Gasteiger partial charge in [-0.2, -0.15) is 0 Å². The molecule has 1 aliphatic carbocycles. The van der Waals surface area contributed by atoms with Crippen LogP contribution in [0.1, 0.15) is 42.7 Å². The summed E-state index contributed by atoms with van der Waals surface area (Å²) in [5, 5.41) is 0. The van der Waals surface area contributed by atoms with Gasteiger partial charge in [-0.25, -0.2) is 4.98 Å². The van der Waals surface area contributed by atoms with Crippen LogP contribution in [0.4, 0.5) is 0 Å². The molecule has 1 aliphatic rings. The van der Waals surface area contributed by atoms with Crippen molar-refractivity contribution in [2.45, 2.75) is 58.3 Å². The topological polar surface area (TPSA) is 44.5 Å². The van der Waals surface area contributed by atoms with Gasteiger partial charge in [-0.1, -0.05) is 23.8 Å². The number of nitrogens with zero attached hydrogens (tertiary/aromatic N) is 1. The highest BCUT2D eigenvalue weighted by molar-refractivity contribution is 5.54. The summed E-state index contributed by atoms with van der Waals surface area (Å²) in [6.45, 7) is 8.82. The van der Waals surface area contributed by atoms with Gasteiger partial charge in [0.2, 0.25) is 5.89 Å². The Morgan fingerprint density at radius 2 is 2.04 bits per heavy atom. The number of ether oxygens (including phenoxy) is 2. The van der Waals surface area contributed by atoms with E-state index in [1.807, 2.05) is 19.1 Å². The number of rotatable bonds is 7. The number of aryl methyl sites for hydroxylation is 2. The second kappa shape index (κ2) is 8.45. The molecule has 25 heavy (non-hydrogen) atoms. The van der Waals surface area contributed by atoms with Crippen LogP contribution in [0.15, 0.2) is 41.3 Å². The minimum atomic E-state index is 0.224. The molecule has 4 nitrogen and oxygen atoms in total. The molecule has 1 fully saturated rings. The maximum absolute atomic E-state index is 6.10. The van der Waals surface area contributed by atoms with Gasteiger partial charge < -0.3 is 13.9 Å². The molecule has 0 unspecified atom stereocenters. The maximum atomic E-state index is 6.10. The van der Waals surface area contributed by atoms with E-state index >= 15 is 0 Å². The van der Waals surface area contributed by atoms with E-state index in [1.54, 1.807) is 6.08 Å². The minimum Gasteiger partial charge on any atom is -0.441 e. The third-order valence-corrected chi connectivity index (χ3v) is 4.64. The number of hydrogen-bond acceptors (Lipinski definition) is 4. The average Bonchev–Trinajstić information content (AvgIpc) is 2.99. The molecule has 1 heterocycles. The Bertz CT molecular complexity index is 707. The zero-order valence-corrected chi connectivity index (χ0v) is 15.2. The van der Waals surface area contributed by atoms with Gasteiger partial charge in [0.05, 0.1) is 25.4 Å². The van der Waals surface area contributed by atoms with Crippen molar-refractivity contribution in [1.82, 2.24) is 4.98 Å². The van der Waals surface area contributed by atoms with Crippen molar-refractivity contribution in [2.75, 3.05) is 6.61 Å². The SMILES string of the molecule is C=CCO[C@H]1CCC[C@@H](OCc2nc(-c3cccc(C)c3)oc2C)C1. The van der Waals surface area contributed by atoms with E-state index in [9.17, 15) is 0 Å². The largest absolute Gasteiger partial charge is 0.441 e. The molecule has 0 N–H and O–H groups in total. The van der Waals surface area contributed by atoms with E-state index in [4.69, 9.17) is 13.9 Å². The fraction of sp³-hybridized carbons (Fsp3) is 0.476. The fourth-order valence-corrected chi connectivity index (χ4v) is 3.27. The van der Waals surface area contributed by atoms with Gasteiger partial charge in [-0.05, 0) is 51.7 Å². The summed E-state index contributed by atoms with van der Waals surface area (Å²) in [7, 11) is 0. The molecular formula is C21H27NO3. The summed E-state index contributed by atoms with van der Waals surface area (Å²) in [6, 6.07) is 8.19. The van der Waals surface area contributed by atoms with E-state index in [0.717, 1.165) is 42.7 Å². The van der Waals surface area contributed by atoms with Crippen LogP contribution in [0.5, 0.6) is 0 Å². The summed E-state index contributed by atoms with van der Waals surface area (Å²) in [4.78, 5) is 4.64. The first-order valence-corrected chi connectivity index (χ1v) is 9.03. The normalized spacial score (nSPS) is 20.6. The smallest absolute Gasteiger partial charge is 0.226 e. The van der Waals surface area contributed by atoms with Crippen LogP contribution < -0.4 is 0 Å². The van der Waals surface area contributed by atoms with Gasteiger partial charge >= 0.3 is 0 Å². The van der Waals surface area contributed by atoms with Gasteiger partial charge in [-0.3, -0.25) is 0 Å². The molecule has 0 bridgehead atoms. The van der Waals surface area contributed by atoms with Crippen LogP contribution in [0.3, 0.4) is 0 Å². The van der Waals surface area contributed by atoms with Crippen LogP contribution in [-0.2, 0) is 16.1 Å². The molecule has 0 aliphatic heterocycles. The fourth-order valence-electron chi connectivity index (χ4n) is 3.27. The van der Waals surface area contributed by atoms with Crippen LogP contribution in [-0.4, -0.2) is 23.8 Å². The molecule has 0 saturated heterocycles. The molecule has 2 atom stereocenters. The number of oxazole rings is 1. The van der Waals surface area contributed by atoms with Crippen molar-refractivity contribution in [2.24, 2.45) is 0 Å². The molecule has 134 valence electrons. The summed E-state index contributed by atoms with van der Waals surface area (Å²) < 4.78 is 17.7. The van der Waals surface area contributed by atoms with Crippen molar-refractivity contribution in [3.8, 4) is 11.5 Å². The lowest BCUT2D eigenvalue weighted by Crippen LogP contribution is -2.28. The van der Waals surface area contributed by atoms with E-state index < -0.39 is 0 Å². The highest BCUT2D eigenvalue weighted by Gasteiger charge is 2.23. The van der Waals surface area contributed by atoms with Crippen molar-refractivity contribution in [3.05, 3.63) is 53.9 Å². The third kappa shape index (κ3) is 4.80. The van der Waals surface area contributed by atoms with Crippen LogP contribution in [0.25, 0.3) is 11.5 Å². The van der Waals surface area contributed by atoms with E-state index in [1.165, 1.54) is 5.56 Å². The van der Waals surface area contributed by atoms with E-state index in [-0.39, 0.29) is 12.2 Å². The molecule has 2 aromatic rings. The molecule has 0 amide bonds. The maximum Gasteiger partial charge on any atom is 0.226 e. The van der Waals surface area contributed by atoms with Crippen LogP contribution >= 0.6 is 0 Å². The Kier molecular flexibility index (Phi) is 6.05. The van der Waals surface area contributed by atoms with Gasteiger partial charge in [0.1, 0.15) is 11.5 Å². The molecular weight excluding hydrogens is 314 g/mol. The summed E-state index contributed by atoms with van der Waals surface area (Å²) >= 11 is 0. The molecule has 3 rings (SSSR count). The van der Waals surface area contributed by atoms with Gasteiger partial charge in [-0.15, -0.1) is 6.58 Å². The van der Waals surface area contributed by atoms with E-state index in [2.05, 4.69) is 30.6 Å². The second-order valence-electron chi connectivity index (χ2n) is 6.74. The Morgan fingerprint density at radius 1 is 1.24 bits per heavy atom. The van der Waals surface area contributed by atoms with Gasteiger partial charge in [0, 0.05) is 5.56 Å². The van der Waals surface area contributed by atoms with Crippen LogP contribution in [0.2, 0.25) is 0 Å². The quantitative estimate of drug-likeness (QED) is 0.666. The molecule has 1 aromatic carbocycles. The van der Waals surface area contributed by atoms with E-state index in [0.29, 0.717) is 19.1 Å². The zero-order valence-electron chi connectivity index (χ0n) is 15.2. The number of hydrogen-bond donors (Lipinski definition) is 0. The predicted molar refractivity (Wildman–Crippen MR) is 98.4 cm³/mol. The first-order valence-electron chi connectivity index (χ1n) is 9.03. The second-order valence-corrected chi connectivity index (χ2v) is 6.74. The van der Waals surface area contributed by atoms with Crippen LogP contribution in [0, 0.1) is 13.8 Å². The lowest BCUT2D eigenvalue weighted by Gasteiger charge is -2.28. The highest BCUT2D eigenvalue weighted by atomic mass is 16.5. The Balaban J connectivity index is 1.59. The Labute approximate surface area is 149 Å². The molecule has 0 spiro atoms. The molecule has 0 radical (unpaired) electrons. The highest BCUT2D eigenvalue weighted by Crippen LogP contribution is 2.26. The lowest BCUT2D eigenvalue weighted by atomic mass is 9.95. The van der Waals surface area contributed by atoms with Crippen molar-refractivity contribution in [1.29, 1.82) is 0 Å². The molecule has 1 saturated carbocycles. The molecule has 1 aromatic heterocycles. The number of aromatic nitrogens is 1. The predicted octanol–water partition coefficient (Wildman–Crippen LogP) is 4.99. The average molecular weight is 341 g/mol. The minimum absolute atomic E-state index is 0.224. The zero-order chi connectivity index (χ0) is 17.6. The lowest BCUT2D eigenvalue weighted by molar-refractivity contribution is -0.0448. The standard InChI is InChI=1S/C21H27NO3/c1-4-11-23-18-9-6-10-19(13-18)24-14-20-16(3)25-21(22-20)17-8-5-7-15(2)12-17/h4-5,7-8,12,18-19H,1,6,9-11,13-14H2,2-3H3/t18-,19+/m0/s1. The first-order chi connectivity index (χ1) is 12.2. The van der Waals surface area contributed by atoms with Crippen molar-refractivity contribution < 1.29 is 13.9 Å². The van der Waals surface area contributed by atoms with Crippen molar-refractivity contribution >= 4 is 0 Å². The number of benzene rings is 1. The first kappa shape index (κ1) is 17.9. The third-order valence-electron chi connectivity index (χ3n) is 4.64. The van der Waals surface area contributed by atoms with Gasteiger partial charge in [0.15, 0.2) is 0 Å². The van der Waals surface area contributed by atoms with Gasteiger partial charge in [0.25, 0.3) is 0 Å². The monoisotopic (exact) mass is 341 g/mol.